The molecule has 3 atom stereocenters. The maximum atomic E-state index is 12.8. The predicted molar refractivity (Wildman–Crippen MR) is 113 cm³/mol. The smallest absolute Gasteiger partial charge is 0.313 e. The minimum absolute atomic E-state index is 0.0313. The van der Waals surface area contributed by atoms with Crippen LogP contribution in [0.4, 0.5) is 5.69 Å². The molecule has 0 spiro atoms. The van der Waals surface area contributed by atoms with Gasteiger partial charge in [-0.3, -0.25) is 19.8 Å². The van der Waals surface area contributed by atoms with Crippen LogP contribution in [0.15, 0.2) is 54.6 Å². The van der Waals surface area contributed by atoms with E-state index in [2.05, 4.69) is 4.90 Å². The van der Waals surface area contributed by atoms with Crippen molar-refractivity contribution >= 4 is 11.7 Å². The summed E-state index contributed by atoms with van der Waals surface area (Å²) in [6.45, 7) is 8.45. The third-order valence-electron chi connectivity index (χ3n) is 5.00. The molecule has 30 heavy (non-hydrogen) atoms. The lowest BCUT2D eigenvalue weighted by atomic mass is 9.98. The number of rotatable bonds is 5. The van der Waals surface area contributed by atoms with Gasteiger partial charge in [-0.05, 0) is 51.0 Å². The van der Waals surface area contributed by atoms with E-state index in [0.29, 0.717) is 13.1 Å². The van der Waals surface area contributed by atoms with Gasteiger partial charge in [-0.1, -0.05) is 30.3 Å². The van der Waals surface area contributed by atoms with Crippen molar-refractivity contribution in [2.24, 2.45) is 5.92 Å². The number of nitro groups is 1. The monoisotopic (exact) mass is 412 g/mol. The SMILES string of the molecule is C[C@H]1OC(c2ccc([N+](=O)[O-])cc2)N(Cc2ccccc2)C[C@@H]1C(=O)OC(C)(C)C. The van der Waals surface area contributed by atoms with Crippen LogP contribution >= 0.6 is 0 Å². The molecule has 3 rings (SSSR count). The fraction of sp³-hybridized carbons (Fsp3) is 0.435. The second kappa shape index (κ2) is 8.93. The van der Waals surface area contributed by atoms with Gasteiger partial charge in [0, 0.05) is 25.2 Å². The maximum absolute atomic E-state index is 12.8. The molecule has 2 aromatic rings. The molecule has 0 aliphatic carbocycles. The van der Waals surface area contributed by atoms with Crippen molar-refractivity contribution in [3.05, 3.63) is 75.8 Å². The largest absolute Gasteiger partial charge is 0.460 e. The molecule has 1 unspecified atom stereocenters. The number of hydrogen-bond acceptors (Lipinski definition) is 6. The maximum Gasteiger partial charge on any atom is 0.313 e. The lowest BCUT2D eigenvalue weighted by molar-refractivity contribution is -0.384. The van der Waals surface area contributed by atoms with E-state index in [1.54, 1.807) is 12.1 Å². The molecule has 0 bridgehead atoms. The number of benzene rings is 2. The zero-order valence-electron chi connectivity index (χ0n) is 17.8. The quantitative estimate of drug-likeness (QED) is 0.409. The van der Waals surface area contributed by atoms with E-state index in [1.165, 1.54) is 12.1 Å². The number of hydrogen-bond donors (Lipinski definition) is 0. The predicted octanol–water partition coefficient (Wildman–Crippen LogP) is 4.47. The van der Waals surface area contributed by atoms with Gasteiger partial charge < -0.3 is 9.47 Å². The van der Waals surface area contributed by atoms with Crippen LogP contribution in [0.2, 0.25) is 0 Å². The lowest BCUT2D eigenvalue weighted by Gasteiger charge is -2.43. The number of esters is 1. The summed E-state index contributed by atoms with van der Waals surface area (Å²) in [4.78, 5) is 25.4. The van der Waals surface area contributed by atoms with E-state index in [0.717, 1.165) is 11.1 Å². The number of carbonyl (C=O) groups excluding carboxylic acids is 1. The van der Waals surface area contributed by atoms with Gasteiger partial charge in [0.1, 0.15) is 11.8 Å². The minimum atomic E-state index is -0.573. The van der Waals surface area contributed by atoms with Crippen molar-refractivity contribution in [1.82, 2.24) is 4.90 Å². The van der Waals surface area contributed by atoms with Crippen LogP contribution in [-0.4, -0.2) is 34.0 Å². The normalized spacial score (nSPS) is 22.5. The van der Waals surface area contributed by atoms with Gasteiger partial charge in [-0.15, -0.1) is 0 Å². The molecule has 1 heterocycles. The van der Waals surface area contributed by atoms with Gasteiger partial charge in [0.05, 0.1) is 16.9 Å². The summed E-state index contributed by atoms with van der Waals surface area (Å²) in [5, 5.41) is 11.0. The summed E-state index contributed by atoms with van der Waals surface area (Å²) >= 11 is 0. The molecule has 7 heteroatoms. The third-order valence-corrected chi connectivity index (χ3v) is 5.00. The number of nitrogens with zero attached hydrogens (tertiary/aromatic N) is 2. The average Bonchev–Trinajstić information content (AvgIpc) is 2.68. The van der Waals surface area contributed by atoms with Crippen LogP contribution in [0.1, 0.15) is 45.0 Å². The standard InChI is InChI=1S/C23H28N2O5/c1-16-20(22(26)30-23(2,3)4)15-24(14-17-8-6-5-7-9-17)21(29-16)18-10-12-19(13-11-18)25(27)28/h5-13,16,20-21H,14-15H2,1-4H3/t16-,20+,21?/m1/s1. The van der Waals surface area contributed by atoms with E-state index < -0.39 is 22.7 Å². The zero-order chi connectivity index (χ0) is 21.9. The molecule has 0 aromatic heterocycles. The van der Waals surface area contributed by atoms with Crippen LogP contribution in [-0.2, 0) is 20.8 Å². The zero-order valence-corrected chi connectivity index (χ0v) is 17.8. The molecule has 0 saturated carbocycles. The Balaban J connectivity index is 1.87. The molecule has 0 radical (unpaired) electrons. The van der Waals surface area contributed by atoms with Crippen LogP contribution in [0.3, 0.4) is 0 Å². The van der Waals surface area contributed by atoms with Crippen LogP contribution in [0.25, 0.3) is 0 Å². The fourth-order valence-corrected chi connectivity index (χ4v) is 3.54. The lowest BCUT2D eigenvalue weighted by Crippen LogP contribution is -2.49. The Hall–Kier alpha value is -2.77. The first kappa shape index (κ1) is 21.9. The fourth-order valence-electron chi connectivity index (χ4n) is 3.54. The van der Waals surface area contributed by atoms with Gasteiger partial charge in [0.25, 0.3) is 5.69 Å². The molecule has 1 aliphatic heterocycles. The Morgan fingerprint density at radius 2 is 1.80 bits per heavy atom. The number of carbonyl (C=O) groups is 1. The Morgan fingerprint density at radius 1 is 1.17 bits per heavy atom. The minimum Gasteiger partial charge on any atom is -0.460 e. The highest BCUT2D eigenvalue weighted by Crippen LogP contribution is 2.35. The second-order valence-corrected chi connectivity index (χ2v) is 8.60. The van der Waals surface area contributed by atoms with Crippen LogP contribution in [0, 0.1) is 16.0 Å². The summed E-state index contributed by atoms with van der Waals surface area (Å²) < 4.78 is 11.9. The summed E-state index contributed by atoms with van der Waals surface area (Å²) in [7, 11) is 0. The number of ether oxygens (including phenoxy) is 2. The van der Waals surface area contributed by atoms with E-state index in [1.807, 2.05) is 58.0 Å². The van der Waals surface area contributed by atoms with E-state index >= 15 is 0 Å². The number of nitro benzene ring substituents is 1. The Kier molecular flexibility index (Phi) is 6.53. The summed E-state index contributed by atoms with van der Waals surface area (Å²) in [5.74, 6) is -0.711. The van der Waals surface area contributed by atoms with Crippen molar-refractivity contribution in [1.29, 1.82) is 0 Å². The molecule has 1 saturated heterocycles. The summed E-state index contributed by atoms with van der Waals surface area (Å²) in [5.41, 5.74) is 1.36. The molecular formula is C23H28N2O5. The number of non-ortho nitro benzene ring substituents is 1. The van der Waals surface area contributed by atoms with E-state index in [9.17, 15) is 14.9 Å². The van der Waals surface area contributed by atoms with Crippen LogP contribution < -0.4 is 0 Å². The first-order valence-corrected chi connectivity index (χ1v) is 10.0. The summed E-state index contributed by atoms with van der Waals surface area (Å²) in [6.07, 6.45) is -0.772. The van der Waals surface area contributed by atoms with Gasteiger partial charge in [-0.25, -0.2) is 0 Å². The molecule has 7 nitrogen and oxygen atoms in total. The topological polar surface area (TPSA) is 81.9 Å². The van der Waals surface area contributed by atoms with Gasteiger partial charge in [0.2, 0.25) is 0 Å². The highest BCUT2D eigenvalue weighted by atomic mass is 16.6. The van der Waals surface area contributed by atoms with Crippen molar-refractivity contribution in [2.75, 3.05) is 6.54 Å². The molecule has 0 amide bonds. The Morgan fingerprint density at radius 3 is 2.37 bits per heavy atom. The Labute approximate surface area is 176 Å². The molecule has 1 fully saturated rings. The van der Waals surface area contributed by atoms with Crippen molar-refractivity contribution < 1.29 is 19.2 Å². The molecule has 160 valence electrons. The highest BCUT2D eigenvalue weighted by molar-refractivity contribution is 5.74. The van der Waals surface area contributed by atoms with Gasteiger partial charge in [0.15, 0.2) is 0 Å². The molecule has 1 aliphatic rings. The first-order chi connectivity index (χ1) is 14.1. The van der Waals surface area contributed by atoms with Gasteiger partial charge in [-0.2, -0.15) is 0 Å². The second-order valence-electron chi connectivity index (χ2n) is 8.60. The highest BCUT2D eigenvalue weighted by Gasteiger charge is 2.40. The third kappa shape index (κ3) is 5.43. The molecular weight excluding hydrogens is 384 g/mol. The molecule has 2 aromatic carbocycles. The van der Waals surface area contributed by atoms with Crippen LogP contribution in [0.5, 0.6) is 0 Å². The van der Waals surface area contributed by atoms with Crippen molar-refractivity contribution in [3.63, 3.8) is 0 Å². The summed E-state index contributed by atoms with van der Waals surface area (Å²) in [6, 6.07) is 16.3. The van der Waals surface area contributed by atoms with Crippen molar-refractivity contribution in [2.45, 2.75) is 52.2 Å². The van der Waals surface area contributed by atoms with Gasteiger partial charge >= 0.3 is 5.97 Å². The van der Waals surface area contributed by atoms with Crippen molar-refractivity contribution in [3.8, 4) is 0 Å². The average molecular weight is 412 g/mol. The first-order valence-electron chi connectivity index (χ1n) is 10.0. The Bertz CT molecular complexity index is 877. The van der Waals surface area contributed by atoms with E-state index in [4.69, 9.17) is 9.47 Å². The van der Waals surface area contributed by atoms with E-state index in [-0.39, 0.29) is 17.8 Å². The molecule has 0 N–H and O–H groups in total.